The first kappa shape index (κ1) is 22.8. The zero-order chi connectivity index (χ0) is 22.1. The van der Waals surface area contributed by atoms with E-state index in [1.54, 1.807) is 24.3 Å². The summed E-state index contributed by atoms with van der Waals surface area (Å²) in [5.41, 5.74) is 3.16. The number of nitrogens with zero attached hydrogens (tertiary/aromatic N) is 2. The maximum absolute atomic E-state index is 12.5. The molecule has 7 nitrogen and oxygen atoms in total. The number of ketones is 1. The topological polar surface area (TPSA) is 90.5 Å². The SMILES string of the molecule is CCCn1c(C)cc(C(=O)COC(=O)C=Cc2ccc(OCC#N)c(OC)c2)c1C. The van der Waals surface area contributed by atoms with Crippen molar-refractivity contribution < 1.29 is 23.8 Å². The van der Waals surface area contributed by atoms with Crippen LogP contribution in [0.4, 0.5) is 0 Å². The van der Waals surface area contributed by atoms with E-state index in [0.29, 0.717) is 22.6 Å². The third kappa shape index (κ3) is 5.74. The molecule has 1 aromatic carbocycles. The van der Waals surface area contributed by atoms with Gasteiger partial charge in [0.1, 0.15) is 6.07 Å². The number of carbonyl (C=O) groups is 2. The number of Topliss-reactive ketones (excluding diaryl/α,β-unsaturated/α-hetero) is 1. The van der Waals surface area contributed by atoms with Crippen molar-refractivity contribution in [2.24, 2.45) is 0 Å². The van der Waals surface area contributed by atoms with Crippen molar-refractivity contribution in [3.05, 3.63) is 52.9 Å². The summed E-state index contributed by atoms with van der Waals surface area (Å²) in [5, 5.41) is 8.60. The summed E-state index contributed by atoms with van der Waals surface area (Å²) in [6, 6.07) is 8.76. The molecule has 2 aromatic rings. The first-order valence-corrected chi connectivity index (χ1v) is 9.63. The summed E-state index contributed by atoms with van der Waals surface area (Å²) >= 11 is 0. The lowest BCUT2D eigenvalue weighted by molar-refractivity contribution is -0.136. The number of hydrogen-bond acceptors (Lipinski definition) is 6. The van der Waals surface area contributed by atoms with Crippen LogP contribution in [0, 0.1) is 25.2 Å². The predicted molar refractivity (Wildman–Crippen MR) is 113 cm³/mol. The molecule has 0 N–H and O–H groups in total. The van der Waals surface area contributed by atoms with Crippen LogP contribution in [0.1, 0.15) is 40.7 Å². The Morgan fingerprint density at radius 1 is 1.20 bits per heavy atom. The van der Waals surface area contributed by atoms with Crippen molar-refractivity contribution in [2.45, 2.75) is 33.7 Å². The summed E-state index contributed by atoms with van der Waals surface area (Å²) in [7, 11) is 1.49. The standard InChI is InChI=1S/C23H26N2O5/c1-5-11-25-16(2)13-19(17(25)3)20(26)15-30-23(27)9-7-18-6-8-21(29-12-10-24)22(14-18)28-4/h6-9,13-14H,5,11-12,15H2,1-4H3. The van der Waals surface area contributed by atoms with Crippen LogP contribution < -0.4 is 9.47 Å². The van der Waals surface area contributed by atoms with Gasteiger partial charge in [0.15, 0.2) is 24.7 Å². The maximum Gasteiger partial charge on any atom is 0.331 e. The van der Waals surface area contributed by atoms with Gasteiger partial charge in [-0.05, 0) is 50.1 Å². The third-order valence-electron chi connectivity index (χ3n) is 4.56. The summed E-state index contributed by atoms with van der Waals surface area (Å²) in [4.78, 5) is 24.5. The highest BCUT2D eigenvalue weighted by atomic mass is 16.5. The van der Waals surface area contributed by atoms with Crippen LogP contribution in [-0.4, -0.2) is 36.6 Å². The number of ether oxygens (including phenoxy) is 3. The minimum Gasteiger partial charge on any atom is -0.493 e. The van der Waals surface area contributed by atoms with Gasteiger partial charge in [0, 0.05) is 29.6 Å². The van der Waals surface area contributed by atoms with Crippen LogP contribution in [0.15, 0.2) is 30.3 Å². The van der Waals surface area contributed by atoms with Gasteiger partial charge in [0.2, 0.25) is 5.78 Å². The van der Waals surface area contributed by atoms with E-state index in [2.05, 4.69) is 11.5 Å². The molecule has 0 amide bonds. The lowest BCUT2D eigenvalue weighted by Crippen LogP contribution is -2.13. The maximum atomic E-state index is 12.5. The molecule has 0 fully saturated rings. The molecule has 158 valence electrons. The number of methoxy groups -OCH3 is 1. The summed E-state index contributed by atoms with van der Waals surface area (Å²) in [5.74, 6) is 0.0331. The summed E-state index contributed by atoms with van der Waals surface area (Å²) in [6.07, 6.45) is 3.77. The number of esters is 1. The van der Waals surface area contributed by atoms with Crippen molar-refractivity contribution >= 4 is 17.8 Å². The number of carbonyl (C=O) groups excluding carboxylic acids is 2. The van der Waals surface area contributed by atoms with E-state index in [9.17, 15) is 9.59 Å². The number of benzene rings is 1. The van der Waals surface area contributed by atoms with Gasteiger partial charge in [-0.15, -0.1) is 0 Å². The molecule has 0 aliphatic carbocycles. The molecule has 0 radical (unpaired) electrons. The largest absolute Gasteiger partial charge is 0.493 e. The summed E-state index contributed by atoms with van der Waals surface area (Å²) < 4.78 is 17.7. The van der Waals surface area contributed by atoms with E-state index in [1.165, 1.54) is 13.2 Å². The van der Waals surface area contributed by atoms with E-state index in [4.69, 9.17) is 19.5 Å². The molecule has 7 heteroatoms. The minimum absolute atomic E-state index is 0.0905. The fourth-order valence-corrected chi connectivity index (χ4v) is 3.10. The van der Waals surface area contributed by atoms with Crippen molar-refractivity contribution in [3.63, 3.8) is 0 Å². The molecule has 0 saturated carbocycles. The Morgan fingerprint density at radius 2 is 1.97 bits per heavy atom. The van der Waals surface area contributed by atoms with Crippen molar-refractivity contribution in [1.29, 1.82) is 5.26 Å². The smallest absolute Gasteiger partial charge is 0.331 e. The van der Waals surface area contributed by atoms with Gasteiger partial charge in [-0.25, -0.2) is 4.79 Å². The first-order valence-electron chi connectivity index (χ1n) is 9.63. The quantitative estimate of drug-likeness (QED) is 0.336. The van der Waals surface area contributed by atoms with Crippen LogP contribution >= 0.6 is 0 Å². The van der Waals surface area contributed by atoms with Crippen LogP contribution in [0.25, 0.3) is 6.08 Å². The Bertz CT molecular complexity index is 982. The highest BCUT2D eigenvalue weighted by molar-refractivity contribution is 6.00. The molecule has 0 spiro atoms. The zero-order valence-corrected chi connectivity index (χ0v) is 17.7. The van der Waals surface area contributed by atoms with Gasteiger partial charge >= 0.3 is 5.97 Å². The molecule has 0 aliphatic rings. The molecule has 0 unspecified atom stereocenters. The fraction of sp³-hybridized carbons (Fsp3) is 0.348. The van der Waals surface area contributed by atoms with E-state index in [1.807, 2.05) is 26.0 Å². The van der Waals surface area contributed by atoms with E-state index in [-0.39, 0.29) is 19.0 Å². The molecule has 0 saturated heterocycles. The minimum atomic E-state index is -0.616. The second-order valence-corrected chi connectivity index (χ2v) is 6.66. The van der Waals surface area contributed by atoms with Crippen molar-refractivity contribution in [3.8, 4) is 17.6 Å². The number of hydrogen-bond donors (Lipinski definition) is 0. The van der Waals surface area contributed by atoms with Crippen molar-refractivity contribution in [1.82, 2.24) is 4.57 Å². The van der Waals surface area contributed by atoms with Gasteiger partial charge in [-0.1, -0.05) is 13.0 Å². The van der Waals surface area contributed by atoms with Gasteiger partial charge < -0.3 is 18.8 Å². The van der Waals surface area contributed by atoms with Crippen molar-refractivity contribution in [2.75, 3.05) is 20.3 Å². The normalized spacial score (nSPS) is 10.6. The van der Waals surface area contributed by atoms with Gasteiger partial charge in [0.05, 0.1) is 7.11 Å². The molecule has 1 heterocycles. The third-order valence-corrected chi connectivity index (χ3v) is 4.56. The molecule has 0 bridgehead atoms. The van der Waals surface area contributed by atoms with Crippen LogP contribution in [0.3, 0.4) is 0 Å². The first-order chi connectivity index (χ1) is 14.4. The molecule has 30 heavy (non-hydrogen) atoms. The molecular formula is C23H26N2O5. The monoisotopic (exact) mass is 410 g/mol. The van der Waals surface area contributed by atoms with Gasteiger partial charge in [-0.3, -0.25) is 4.79 Å². The Kier molecular flexibility index (Phi) is 8.24. The molecule has 2 rings (SSSR count). The fourth-order valence-electron chi connectivity index (χ4n) is 3.10. The Hall–Kier alpha value is -3.53. The second kappa shape index (κ2) is 10.9. The van der Waals surface area contributed by atoms with E-state index in [0.717, 1.165) is 24.4 Å². The Morgan fingerprint density at radius 3 is 2.63 bits per heavy atom. The second-order valence-electron chi connectivity index (χ2n) is 6.66. The number of rotatable bonds is 10. The number of nitriles is 1. The Balaban J connectivity index is 1.98. The molecule has 0 aliphatic heterocycles. The number of aromatic nitrogens is 1. The van der Waals surface area contributed by atoms with E-state index < -0.39 is 5.97 Å². The van der Waals surface area contributed by atoms with Crippen LogP contribution in [0.5, 0.6) is 11.5 Å². The lowest BCUT2D eigenvalue weighted by atomic mass is 10.1. The highest BCUT2D eigenvalue weighted by Crippen LogP contribution is 2.28. The zero-order valence-electron chi connectivity index (χ0n) is 17.7. The highest BCUT2D eigenvalue weighted by Gasteiger charge is 2.16. The average molecular weight is 410 g/mol. The van der Waals surface area contributed by atoms with Gasteiger partial charge in [-0.2, -0.15) is 5.26 Å². The predicted octanol–water partition coefficient (Wildman–Crippen LogP) is 3.87. The average Bonchev–Trinajstić information content (AvgIpc) is 3.03. The Labute approximate surface area is 176 Å². The molecule has 0 atom stereocenters. The molecular weight excluding hydrogens is 384 g/mol. The molecule has 1 aromatic heterocycles. The van der Waals surface area contributed by atoms with Gasteiger partial charge in [0.25, 0.3) is 0 Å². The lowest BCUT2D eigenvalue weighted by Gasteiger charge is -2.08. The number of aryl methyl sites for hydroxylation is 1. The van der Waals surface area contributed by atoms with Crippen LogP contribution in [0.2, 0.25) is 0 Å². The van der Waals surface area contributed by atoms with Crippen LogP contribution in [-0.2, 0) is 16.1 Å². The van der Waals surface area contributed by atoms with E-state index >= 15 is 0 Å². The summed E-state index contributed by atoms with van der Waals surface area (Å²) in [6.45, 7) is 6.37.